The van der Waals surface area contributed by atoms with Crippen LogP contribution in [0.15, 0.2) is 35.7 Å². The van der Waals surface area contributed by atoms with Crippen LogP contribution in [0.1, 0.15) is 22.1 Å². The number of halogens is 1. The van der Waals surface area contributed by atoms with Crippen LogP contribution >= 0.6 is 11.3 Å². The molecule has 2 heterocycles. The number of fused-ring (bicyclic) bond motifs is 1. The van der Waals surface area contributed by atoms with Gasteiger partial charge in [0, 0.05) is 30.1 Å². The van der Waals surface area contributed by atoms with Crippen molar-refractivity contribution in [2.45, 2.75) is 19.1 Å². The van der Waals surface area contributed by atoms with Crippen LogP contribution in [-0.4, -0.2) is 23.1 Å². The molecule has 2 aromatic rings. The zero-order valence-electron chi connectivity index (χ0n) is 10.6. The zero-order valence-corrected chi connectivity index (χ0v) is 11.4. The van der Waals surface area contributed by atoms with Crippen molar-refractivity contribution in [2.24, 2.45) is 0 Å². The molecule has 1 aromatic carbocycles. The highest BCUT2D eigenvalue weighted by Gasteiger charge is 2.21. The molecule has 3 rings (SSSR count). The second kappa shape index (κ2) is 5.41. The Hall–Kier alpha value is -1.23. The Labute approximate surface area is 116 Å². The molecule has 0 bridgehead atoms. The van der Waals surface area contributed by atoms with E-state index in [0.717, 1.165) is 19.5 Å². The quantitative estimate of drug-likeness (QED) is 0.932. The highest BCUT2D eigenvalue weighted by molar-refractivity contribution is 7.10. The van der Waals surface area contributed by atoms with E-state index >= 15 is 0 Å². The van der Waals surface area contributed by atoms with Gasteiger partial charge in [-0.1, -0.05) is 18.2 Å². The number of hydrogen-bond acceptors (Lipinski definition) is 3. The van der Waals surface area contributed by atoms with Gasteiger partial charge in [-0.3, -0.25) is 4.90 Å². The predicted octanol–water partition coefficient (Wildman–Crippen LogP) is 2.98. The molecule has 0 spiro atoms. The number of thiophene rings is 1. The summed E-state index contributed by atoms with van der Waals surface area (Å²) >= 11 is 1.80. The van der Waals surface area contributed by atoms with Gasteiger partial charge in [-0.05, 0) is 29.5 Å². The largest absolute Gasteiger partial charge is 0.387 e. The standard InChI is InChI=1S/C15H16FNOS/c16-13-4-2-1-3-12(13)14(18)10-17-7-5-15-11(9-17)6-8-19-15/h1-4,6,8,14,18H,5,7,9-10H2. The Morgan fingerprint density at radius 1 is 1.32 bits per heavy atom. The number of β-amino-alcohol motifs (C(OH)–C–C–N with tert-alkyl or cyclic N) is 1. The lowest BCUT2D eigenvalue weighted by atomic mass is 10.1. The van der Waals surface area contributed by atoms with E-state index in [2.05, 4.69) is 16.3 Å². The van der Waals surface area contributed by atoms with Crippen molar-refractivity contribution < 1.29 is 9.50 Å². The molecule has 1 atom stereocenters. The van der Waals surface area contributed by atoms with Crippen LogP contribution in [-0.2, 0) is 13.0 Å². The molecule has 19 heavy (non-hydrogen) atoms. The normalized spacial score (nSPS) is 17.2. The third kappa shape index (κ3) is 2.71. The Morgan fingerprint density at radius 3 is 3.00 bits per heavy atom. The van der Waals surface area contributed by atoms with Crippen molar-refractivity contribution in [3.63, 3.8) is 0 Å². The average Bonchev–Trinajstić information content (AvgIpc) is 2.86. The highest BCUT2D eigenvalue weighted by Crippen LogP contribution is 2.26. The maximum atomic E-state index is 13.6. The van der Waals surface area contributed by atoms with Crippen LogP contribution in [0.5, 0.6) is 0 Å². The van der Waals surface area contributed by atoms with Gasteiger partial charge in [0.2, 0.25) is 0 Å². The van der Waals surface area contributed by atoms with Crippen LogP contribution in [0.3, 0.4) is 0 Å². The summed E-state index contributed by atoms with van der Waals surface area (Å²) in [6.45, 7) is 2.26. The van der Waals surface area contributed by atoms with Gasteiger partial charge < -0.3 is 5.11 Å². The Bertz CT molecular complexity index is 569. The van der Waals surface area contributed by atoms with E-state index in [0.29, 0.717) is 12.1 Å². The summed E-state index contributed by atoms with van der Waals surface area (Å²) in [4.78, 5) is 3.63. The van der Waals surface area contributed by atoms with Gasteiger partial charge in [-0.15, -0.1) is 11.3 Å². The fraction of sp³-hybridized carbons (Fsp3) is 0.333. The van der Waals surface area contributed by atoms with E-state index < -0.39 is 6.10 Å². The van der Waals surface area contributed by atoms with Crippen LogP contribution in [0, 0.1) is 5.82 Å². The van der Waals surface area contributed by atoms with Gasteiger partial charge in [0.15, 0.2) is 0 Å². The third-order valence-corrected chi connectivity index (χ3v) is 4.61. The first kappa shape index (κ1) is 12.8. The Kier molecular flexibility index (Phi) is 3.64. The summed E-state index contributed by atoms with van der Waals surface area (Å²) in [5.74, 6) is -0.330. The molecule has 1 aliphatic heterocycles. The van der Waals surface area contributed by atoms with Crippen molar-refractivity contribution in [1.29, 1.82) is 0 Å². The van der Waals surface area contributed by atoms with Gasteiger partial charge in [0.1, 0.15) is 5.82 Å². The minimum atomic E-state index is -0.763. The first-order valence-electron chi connectivity index (χ1n) is 6.44. The molecule has 1 aliphatic rings. The molecule has 0 saturated carbocycles. The molecule has 4 heteroatoms. The maximum Gasteiger partial charge on any atom is 0.129 e. The topological polar surface area (TPSA) is 23.5 Å². The predicted molar refractivity (Wildman–Crippen MR) is 74.7 cm³/mol. The van der Waals surface area contributed by atoms with Gasteiger partial charge in [-0.2, -0.15) is 0 Å². The van der Waals surface area contributed by atoms with Crippen molar-refractivity contribution >= 4 is 11.3 Å². The molecule has 1 unspecified atom stereocenters. The SMILES string of the molecule is OC(CN1CCc2sccc2C1)c1ccccc1F. The van der Waals surface area contributed by atoms with Gasteiger partial charge in [0.25, 0.3) is 0 Å². The van der Waals surface area contributed by atoms with E-state index in [1.54, 1.807) is 29.5 Å². The summed E-state index contributed by atoms with van der Waals surface area (Å²) in [7, 11) is 0. The molecule has 0 radical (unpaired) electrons. The summed E-state index contributed by atoms with van der Waals surface area (Å²) in [5.41, 5.74) is 1.73. The van der Waals surface area contributed by atoms with Crippen LogP contribution in [0.25, 0.3) is 0 Å². The number of aliphatic hydroxyl groups is 1. The number of nitrogens with zero attached hydrogens (tertiary/aromatic N) is 1. The van der Waals surface area contributed by atoms with Crippen molar-refractivity contribution in [3.05, 3.63) is 57.5 Å². The van der Waals surface area contributed by atoms with Gasteiger partial charge in [0.05, 0.1) is 6.10 Å². The van der Waals surface area contributed by atoms with Crippen molar-refractivity contribution in [3.8, 4) is 0 Å². The Morgan fingerprint density at radius 2 is 2.16 bits per heavy atom. The lowest BCUT2D eigenvalue weighted by Gasteiger charge is -2.28. The number of aliphatic hydroxyl groups excluding tert-OH is 1. The van der Waals surface area contributed by atoms with E-state index in [-0.39, 0.29) is 5.82 Å². The highest BCUT2D eigenvalue weighted by atomic mass is 32.1. The molecular formula is C15H16FNOS. The number of rotatable bonds is 3. The average molecular weight is 277 g/mol. The van der Waals surface area contributed by atoms with E-state index in [9.17, 15) is 9.50 Å². The van der Waals surface area contributed by atoms with Crippen molar-refractivity contribution in [1.82, 2.24) is 4.90 Å². The second-order valence-electron chi connectivity index (χ2n) is 4.89. The molecule has 1 N–H and O–H groups in total. The molecule has 100 valence electrons. The first-order valence-corrected chi connectivity index (χ1v) is 7.32. The first-order chi connectivity index (χ1) is 9.24. The fourth-order valence-corrected chi connectivity index (χ4v) is 3.44. The summed E-state index contributed by atoms with van der Waals surface area (Å²) in [6, 6.07) is 8.59. The van der Waals surface area contributed by atoms with E-state index in [4.69, 9.17) is 0 Å². The van der Waals surface area contributed by atoms with Gasteiger partial charge in [-0.25, -0.2) is 4.39 Å². The Balaban J connectivity index is 1.68. The molecular weight excluding hydrogens is 261 g/mol. The number of benzene rings is 1. The monoisotopic (exact) mass is 277 g/mol. The van der Waals surface area contributed by atoms with Gasteiger partial charge >= 0.3 is 0 Å². The lowest BCUT2D eigenvalue weighted by Crippen LogP contribution is -2.33. The molecule has 0 fully saturated rings. The minimum Gasteiger partial charge on any atom is -0.387 e. The van der Waals surface area contributed by atoms with Crippen LogP contribution in [0.4, 0.5) is 4.39 Å². The summed E-state index contributed by atoms with van der Waals surface area (Å²) in [5, 5.41) is 12.3. The fourth-order valence-electron chi connectivity index (χ4n) is 2.55. The molecule has 2 nitrogen and oxygen atoms in total. The smallest absolute Gasteiger partial charge is 0.129 e. The maximum absolute atomic E-state index is 13.6. The lowest BCUT2D eigenvalue weighted by molar-refractivity contribution is 0.103. The summed E-state index contributed by atoms with van der Waals surface area (Å²) < 4.78 is 13.6. The molecule has 1 aromatic heterocycles. The molecule has 0 saturated heterocycles. The zero-order chi connectivity index (χ0) is 13.2. The van der Waals surface area contributed by atoms with E-state index in [1.165, 1.54) is 16.5 Å². The van der Waals surface area contributed by atoms with Crippen LogP contribution < -0.4 is 0 Å². The second-order valence-corrected chi connectivity index (χ2v) is 5.89. The molecule has 0 aliphatic carbocycles. The van der Waals surface area contributed by atoms with E-state index in [1.807, 2.05) is 0 Å². The molecule has 0 amide bonds. The van der Waals surface area contributed by atoms with Crippen molar-refractivity contribution in [2.75, 3.05) is 13.1 Å². The minimum absolute atomic E-state index is 0.330. The third-order valence-electron chi connectivity index (χ3n) is 3.58. The number of hydrogen-bond donors (Lipinski definition) is 1. The van der Waals surface area contributed by atoms with Crippen LogP contribution in [0.2, 0.25) is 0 Å². The summed E-state index contributed by atoms with van der Waals surface area (Å²) in [6.07, 6.45) is 0.262.